The molecule has 0 aromatic carbocycles. The normalized spacial score (nSPS) is 17.1. The minimum atomic E-state index is 0.191. The van der Waals surface area contributed by atoms with Crippen molar-refractivity contribution in [2.24, 2.45) is 0 Å². The first-order valence-corrected chi connectivity index (χ1v) is 5.69. The predicted octanol–water partition coefficient (Wildman–Crippen LogP) is 1.45. The fourth-order valence-electron chi connectivity index (χ4n) is 2.12. The van der Waals surface area contributed by atoms with Gasteiger partial charge in [-0.15, -0.1) is 5.10 Å². The summed E-state index contributed by atoms with van der Waals surface area (Å²) in [5.74, 6) is 1.36. The van der Waals surface area contributed by atoms with E-state index in [4.69, 9.17) is 5.11 Å². The number of hydrogen-bond donors (Lipinski definition) is 1. The molecule has 4 nitrogen and oxygen atoms in total. The van der Waals surface area contributed by atoms with E-state index < -0.39 is 0 Å². The first-order valence-electron chi connectivity index (χ1n) is 5.69. The summed E-state index contributed by atoms with van der Waals surface area (Å²) in [5.41, 5.74) is 1.09. The smallest absolute Gasteiger partial charge is 0.151 e. The summed E-state index contributed by atoms with van der Waals surface area (Å²) in [6.07, 6.45) is 8.32. The molecule has 0 bridgehead atoms. The Morgan fingerprint density at radius 2 is 2.13 bits per heavy atom. The van der Waals surface area contributed by atoms with Crippen LogP contribution in [-0.2, 0) is 6.42 Å². The van der Waals surface area contributed by atoms with Crippen molar-refractivity contribution in [3.8, 4) is 0 Å². The number of aryl methyl sites for hydroxylation is 1. The van der Waals surface area contributed by atoms with Gasteiger partial charge in [0.25, 0.3) is 0 Å². The van der Waals surface area contributed by atoms with Crippen LogP contribution in [0.5, 0.6) is 0 Å². The largest absolute Gasteiger partial charge is 0.396 e. The van der Waals surface area contributed by atoms with Gasteiger partial charge in [-0.05, 0) is 19.3 Å². The third-order valence-electron chi connectivity index (χ3n) is 2.95. The number of aliphatic hydroxyl groups is 1. The highest BCUT2D eigenvalue weighted by Gasteiger charge is 2.19. The average Bonchev–Trinajstić information content (AvgIpc) is 2.80. The zero-order chi connectivity index (χ0) is 10.5. The van der Waals surface area contributed by atoms with Gasteiger partial charge in [0, 0.05) is 18.9 Å². The Labute approximate surface area is 89.8 Å². The van der Waals surface area contributed by atoms with Gasteiger partial charge in [-0.1, -0.05) is 12.8 Å². The monoisotopic (exact) mass is 207 g/mol. The zero-order valence-corrected chi connectivity index (χ0v) is 8.89. The summed E-state index contributed by atoms with van der Waals surface area (Å²) in [7, 11) is 0. The lowest BCUT2D eigenvalue weighted by Crippen LogP contribution is -2.05. The van der Waals surface area contributed by atoms with Crippen molar-refractivity contribution >= 4 is 0 Å². The number of nitrogens with zero attached hydrogens (tertiary/aromatic N) is 3. The number of aliphatic hydroxyl groups excluding tert-OH is 1. The molecule has 15 heavy (non-hydrogen) atoms. The maximum Gasteiger partial charge on any atom is 0.151 e. The van der Waals surface area contributed by atoms with Gasteiger partial charge in [0.2, 0.25) is 0 Å². The van der Waals surface area contributed by atoms with Gasteiger partial charge in [0.1, 0.15) is 0 Å². The first-order chi connectivity index (χ1) is 7.40. The van der Waals surface area contributed by atoms with Gasteiger partial charge in [0.05, 0.1) is 11.9 Å². The molecule has 2 rings (SSSR count). The Kier molecular flexibility index (Phi) is 3.61. The molecular weight excluding hydrogens is 190 g/mol. The standard InChI is InChI=1S/C11H17N3O/c15-7-3-6-11-13-10(8-12-14-11)9-4-1-2-5-9/h8-9,15H,1-7H2. The molecule has 82 valence electrons. The second-order valence-electron chi connectivity index (χ2n) is 4.11. The molecule has 1 aliphatic carbocycles. The fraction of sp³-hybridized carbons (Fsp3) is 0.727. The van der Waals surface area contributed by atoms with Gasteiger partial charge >= 0.3 is 0 Å². The Hall–Kier alpha value is -1.03. The molecule has 0 spiro atoms. The maximum absolute atomic E-state index is 8.73. The van der Waals surface area contributed by atoms with Crippen molar-refractivity contribution in [2.45, 2.75) is 44.4 Å². The minimum absolute atomic E-state index is 0.191. The van der Waals surface area contributed by atoms with Crippen LogP contribution < -0.4 is 0 Å². The molecule has 1 heterocycles. The summed E-state index contributed by atoms with van der Waals surface area (Å²) in [6, 6.07) is 0. The SMILES string of the molecule is OCCCc1nncc(C2CCCC2)n1. The lowest BCUT2D eigenvalue weighted by molar-refractivity contribution is 0.287. The first kappa shape index (κ1) is 10.5. The van der Waals surface area contributed by atoms with Crippen molar-refractivity contribution in [3.63, 3.8) is 0 Å². The molecule has 1 aliphatic rings. The van der Waals surface area contributed by atoms with Crippen LogP contribution in [0.4, 0.5) is 0 Å². The topological polar surface area (TPSA) is 58.9 Å². The van der Waals surface area contributed by atoms with Crippen molar-refractivity contribution in [1.29, 1.82) is 0 Å². The van der Waals surface area contributed by atoms with E-state index in [1.165, 1.54) is 25.7 Å². The molecule has 0 amide bonds. The average molecular weight is 207 g/mol. The Bertz CT molecular complexity index is 310. The van der Waals surface area contributed by atoms with Gasteiger partial charge in [-0.2, -0.15) is 5.10 Å². The van der Waals surface area contributed by atoms with Gasteiger partial charge in [-0.3, -0.25) is 0 Å². The van der Waals surface area contributed by atoms with E-state index in [1.807, 2.05) is 0 Å². The lowest BCUT2D eigenvalue weighted by atomic mass is 10.1. The molecule has 0 aliphatic heterocycles. The molecular formula is C11H17N3O. The van der Waals surface area contributed by atoms with Gasteiger partial charge in [-0.25, -0.2) is 4.98 Å². The van der Waals surface area contributed by atoms with E-state index in [0.717, 1.165) is 24.4 Å². The number of hydrogen-bond acceptors (Lipinski definition) is 4. The summed E-state index contributed by atoms with van der Waals surface area (Å²) in [5, 5.41) is 16.7. The van der Waals surface area contributed by atoms with E-state index in [1.54, 1.807) is 6.20 Å². The van der Waals surface area contributed by atoms with E-state index in [9.17, 15) is 0 Å². The molecule has 4 heteroatoms. The van der Waals surface area contributed by atoms with Crippen LogP contribution in [0.25, 0.3) is 0 Å². The second-order valence-corrected chi connectivity index (χ2v) is 4.11. The predicted molar refractivity (Wildman–Crippen MR) is 56.4 cm³/mol. The van der Waals surface area contributed by atoms with E-state index in [0.29, 0.717) is 5.92 Å². The third-order valence-corrected chi connectivity index (χ3v) is 2.95. The highest BCUT2D eigenvalue weighted by Crippen LogP contribution is 2.32. The van der Waals surface area contributed by atoms with Crippen LogP contribution >= 0.6 is 0 Å². The van der Waals surface area contributed by atoms with Crippen LogP contribution in [0.2, 0.25) is 0 Å². The molecule has 1 N–H and O–H groups in total. The summed E-state index contributed by atoms with van der Waals surface area (Å²) in [6.45, 7) is 0.191. The molecule has 1 aromatic rings. The molecule has 1 saturated carbocycles. The minimum Gasteiger partial charge on any atom is -0.396 e. The molecule has 0 radical (unpaired) electrons. The van der Waals surface area contributed by atoms with Crippen LogP contribution in [-0.4, -0.2) is 26.9 Å². The van der Waals surface area contributed by atoms with Gasteiger partial charge in [0.15, 0.2) is 5.82 Å². The molecule has 0 unspecified atom stereocenters. The Morgan fingerprint density at radius 3 is 2.87 bits per heavy atom. The summed E-state index contributed by atoms with van der Waals surface area (Å²) < 4.78 is 0. The summed E-state index contributed by atoms with van der Waals surface area (Å²) in [4.78, 5) is 4.51. The quantitative estimate of drug-likeness (QED) is 0.812. The molecule has 0 atom stereocenters. The molecule has 1 aromatic heterocycles. The van der Waals surface area contributed by atoms with E-state index in [-0.39, 0.29) is 6.61 Å². The van der Waals surface area contributed by atoms with Crippen molar-refractivity contribution in [1.82, 2.24) is 15.2 Å². The Morgan fingerprint density at radius 1 is 1.33 bits per heavy atom. The third kappa shape index (κ3) is 2.72. The van der Waals surface area contributed by atoms with E-state index in [2.05, 4.69) is 15.2 Å². The lowest BCUT2D eigenvalue weighted by Gasteiger charge is -2.07. The van der Waals surface area contributed by atoms with Crippen LogP contribution in [0.1, 0.15) is 49.5 Å². The van der Waals surface area contributed by atoms with Crippen LogP contribution in [0.15, 0.2) is 6.20 Å². The van der Waals surface area contributed by atoms with Crippen molar-refractivity contribution in [3.05, 3.63) is 17.7 Å². The number of aromatic nitrogens is 3. The van der Waals surface area contributed by atoms with Crippen LogP contribution in [0.3, 0.4) is 0 Å². The number of rotatable bonds is 4. The molecule has 0 saturated heterocycles. The van der Waals surface area contributed by atoms with Crippen molar-refractivity contribution < 1.29 is 5.11 Å². The molecule has 1 fully saturated rings. The van der Waals surface area contributed by atoms with Gasteiger partial charge < -0.3 is 5.11 Å². The second kappa shape index (κ2) is 5.16. The fourth-order valence-corrected chi connectivity index (χ4v) is 2.12. The highest BCUT2D eigenvalue weighted by atomic mass is 16.2. The van der Waals surface area contributed by atoms with Crippen LogP contribution in [0, 0.1) is 0 Å². The highest BCUT2D eigenvalue weighted by molar-refractivity contribution is 5.05. The maximum atomic E-state index is 8.73. The summed E-state index contributed by atoms with van der Waals surface area (Å²) >= 11 is 0. The zero-order valence-electron chi connectivity index (χ0n) is 8.89. The Balaban J connectivity index is 2.04. The van der Waals surface area contributed by atoms with E-state index >= 15 is 0 Å². The van der Waals surface area contributed by atoms with Crippen molar-refractivity contribution in [2.75, 3.05) is 6.61 Å².